The fourth-order valence-corrected chi connectivity index (χ4v) is 1.57. The molecule has 0 aliphatic rings. The number of nitrogen functional groups attached to an aromatic ring is 1. The van der Waals surface area contributed by atoms with Crippen molar-refractivity contribution in [2.75, 3.05) is 5.73 Å². The summed E-state index contributed by atoms with van der Waals surface area (Å²) >= 11 is 11.8. The van der Waals surface area contributed by atoms with Crippen LogP contribution < -0.4 is 5.73 Å². The molecule has 0 saturated carbocycles. The first kappa shape index (κ1) is 9.37. The molecule has 0 fully saturated rings. The third kappa shape index (κ3) is 1.69. The fraction of sp³-hybridized carbons (Fsp3) is 0. The van der Waals surface area contributed by atoms with Crippen molar-refractivity contribution in [3.63, 3.8) is 0 Å². The third-order valence-electron chi connectivity index (χ3n) is 1.81. The Labute approximate surface area is 90.9 Å². The van der Waals surface area contributed by atoms with E-state index < -0.39 is 0 Å². The predicted octanol–water partition coefficient (Wildman–Crippen LogP) is 2.97. The van der Waals surface area contributed by atoms with Gasteiger partial charge in [0, 0.05) is 10.6 Å². The van der Waals surface area contributed by atoms with Gasteiger partial charge in [0.1, 0.15) is 0 Å². The van der Waals surface area contributed by atoms with Crippen LogP contribution in [0, 0.1) is 0 Å². The second-order valence-corrected chi connectivity index (χ2v) is 3.65. The molecular formula is C9H7Cl2N3. The van der Waals surface area contributed by atoms with Gasteiger partial charge in [-0.25, -0.2) is 4.98 Å². The summed E-state index contributed by atoms with van der Waals surface area (Å²) in [6.07, 6.45) is 1.62. The lowest BCUT2D eigenvalue weighted by atomic mass is 10.2. The summed E-state index contributed by atoms with van der Waals surface area (Å²) < 4.78 is 0. The number of halogens is 2. The van der Waals surface area contributed by atoms with Crippen molar-refractivity contribution < 1.29 is 0 Å². The fourth-order valence-electron chi connectivity index (χ4n) is 1.18. The lowest BCUT2D eigenvalue weighted by molar-refractivity contribution is 1.33. The molecule has 0 unspecified atom stereocenters. The minimum atomic E-state index is 0.357. The van der Waals surface area contributed by atoms with E-state index >= 15 is 0 Å². The summed E-state index contributed by atoms with van der Waals surface area (Å²) in [6, 6.07) is 5.22. The molecule has 2 rings (SSSR count). The minimum Gasteiger partial charge on any atom is -0.369 e. The van der Waals surface area contributed by atoms with Crippen molar-refractivity contribution in [1.82, 2.24) is 9.97 Å². The number of hydrogen-bond acceptors (Lipinski definition) is 2. The lowest BCUT2D eigenvalue weighted by Crippen LogP contribution is -1.86. The number of H-pyrrole nitrogens is 1. The Morgan fingerprint density at radius 3 is 2.71 bits per heavy atom. The second-order valence-electron chi connectivity index (χ2n) is 2.81. The lowest BCUT2D eigenvalue weighted by Gasteiger charge is -2.01. The highest BCUT2D eigenvalue weighted by Gasteiger charge is 2.06. The number of hydrogen-bond donors (Lipinski definition) is 2. The predicted molar refractivity (Wildman–Crippen MR) is 58.5 cm³/mol. The highest BCUT2D eigenvalue weighted by molar-refractivity contribution is 6.35. The zero-order valence-electron chi connectivity index (χ0n) is 7.09. The van der Waals surface area contributed by atoms with E-state index in [0.29, 0.717) is 16.0 Å². The highest BCUT2D eigenvalue weighted by Crippen LogP contribution is 2.29. The monoisotopic (exact) mass is 227 g/mol. The molecule has 2 aromatic rings. The number of benzene rings is 1. The van der Waals surface area contributed by atoms with E-state index in [2.05, 4.69) is 9.97 Å². The van der Waals surface area contributed by atoms with Crippen LogP contribution in [0.1, 0.15) is 0 Å². The van der Waals surface area contributed by atoms with Crippen molar-refractivity contribution in [3.8, 4) is 11.3 Å². The molecule has 14 heavy (non-hydrogen) atoms. The number of nitrogens with one attached hydrogen (secondary N) is 1. The number of aromatic amines is 1. The SMILES string of the molecule is Nc1ncc(-c2cc(Cl)ccc2Cl)[nH]1. The van der Waals surface area contributed by atoms with E-state index in [-0.39, 0.29) is 0 Å². The van der Waals surface area contributed by atoms with E-state index in [1.807, 2.05) is 0 Å². The molecule has 3 nitrogen and oxygen atoms in total. The normalized spacial score (nSPS) is 10.4. The molecule has 0 atom stereocenters. The van der Waals surface area contributed by atoms with Gasteiger partial charge in [-0.05, 0) is 18.2 Å². The molecule has 0 amide bonds. The molecule has 1 aromatic carbocycles. The van der Waals surface area contributed by atoms with Gasteiger partial charge in [0.2, 0.25) is 0 Å². The molecule has 0 aliphatic heterocycles. The van der Waals surface area contributed by atoms with Crippen LogP contribution in [-0.4, -0.2) is 9.97 Å². The van der Waals surface area contributed by atoms with E-state index in [1.54, 1.807) is 24.4 Å². The van der Waals surface area contributed by atoms with Crippen LogP contribution in [0.2, 0.25) is 10.0 Å². The van der Waals surface area contributed by atoms with Gasteiger partial charge < -0.3 is 10.7 Å². The standard InChI is InChI=1S/C9H7Cl2N3/c10-5-1-2-7(11)6(3-5)8-4-13-9(12)14-8/h1-4H,(H3,12,13,14). The Morgan fingerprint density at radius 1 is 1.29 bits per heavy atom. The Morgan fingerprint density at radius 2 is 2.07 bits per heavy atom. The maximum atomic E-state index is 5.99. The van der Waals surface area contributed by atoms with Crippen molar-refractivity contribution in [2.45, 2.75) is 0 Å². The van der Waals surface area contributed by atoms with Crippen LogP contribution in [-0.2, 0) is 0 Å². The first-order chi connectivity index (χ1) is 6.66. The molecule has 3 N–H and O–H groups in total. The van der Waals surface area contributed by atoms with Gasteiger partial charge >= 0.3 is 0 Å². The van der Waals surface area contributed by atoms with Crippen LogP contribution in [0.25, 0.3) is 11.3 Å². The smallest absolute Gasteiger partial charge is 0.197 e. The Balaban J connectivity index is 2.55. The summed E-state index contributed by atoms with van der Waals surface area (Å²) in [5.41, 5.74) is 7.02. The van der Waals surface area contributed by atoms with Crippen molar-refractivity contribution in [2.24, 2.45) is 0 Å². The zero-order valence-corrected chi connectivity index (χ0v) is 8.60. The average molecular weight is 228 g/mol. The summed E-state index contributed by atoms with van der Waals surface area (Å²) in [5.74, 6) is 0.357. The number of imidazole rings is 1. The second kappa shape index (κ2) is 3.52. The Kier molecular flexibility index (Phi) is 2.35. The van der Waals surface area contributed by atoms with Crippen molar-refractivity contribution in [3.05, 3.63) is 34.4 Å². The van der Waals surface area contributed by atoms with Gasteiger partial charge in [-0.3, -0.25) is 0 Å². The molecule has 1 aromatic heterocycles. The number of anilines is 1. The van der Waals surface area contributed by atoms with Crippen molar-refractivity contribution >= 4 is 29.2 Å². The molecular weight excluding hydrogens is 221 g/mol. The van der Waals surface area contributed by atoms with Gasteiger partial charge in [-0.15, -0.1) is 0 Å². The highest BCUT2D eigenvalue weighted by atomic mass is 35.5. The maximum Gasteiger partial charge on any atom is 0.197 e. The van der Waals surface area contributed by atoms with E-state index in [4.69, 9.17) is 28.9 Å². The molecule has 5 heteroatoms. The first-order valence-corrected chi connectivity index (χ1v) is 4.68. The van der Waals surface area contributed by atoms with Gasteiger partial charge in [0.05, 0.1) is 16.9 Å². The molecule has 0 aliphatic carbocycles. The number of nitrogens with two attached hydrogens (primary N) is 1. The van der Waals surface area contributed by atoms with Crippen LogP contribution >= 0.6 is 23.2 Å². The minimum absolute atomic E-state index is 0.357. The summed E-state index contributed by atoms with van der Waals surface area (Å²) in [5, 5.41) is 1.23. The number of aromatic nitrogens is 2. The van der Waals surface area contributed by atoms with Gasteiger partial charge in [-0.2, -0.15) is 0 Å². The van der Waals surface area contributed by atoms with Crippen molar-refractivity contribution in [1.29, 1.82) is 0 Å². The van der Waals surface area contributed by atoms with Crippen LogP contribution in [0.15, 0.2) is 24.4 Å². The molecule has 0 bridgehead atoms. The summed E-state index contributed by atoms with van der Waals surface area (Å²) in [6.45, 7) is 0. The van der Waals surface area contributed by atoms with E-state index in [9.17, 15) is 0 Å². The van der Waals surface area contributed by atoms with Crippen LogP contribution in [0.3, 0.4) is 0 Å². The summed E-state index contributed by atoms with van der Waals surface area (Å²) in [4.78, 5) is 6.77. The Bertz CT molecular complexity index is 465. The maximum absolute atomic E-state index is 5.99. The number of rotatable bonds is 1. The molecule has 0 spiro atoms. The largest absolute Gasteiger partial charge is 0.369 e. The quantitative estimate of drug-likeness (QED) is 0.788. The zero-order chi connectivity index (χ0) is 10.1. The van der Waals surface area contributed by atoms with Crippen LogP contribution in [0.5, 0.6) is 0 Å². The topological polar surface area (TPSA) is 54.7 Å². The number of nitrogens with zero attached hydrogens (tertiary/aromatic N) is 1. The van der Waals surface area contributed by atoms with E-state index in [1.165, 1.54) is 0 Å². The molecule has 0 saturated heterocycles. The third-order valence-corrected chi connectivity index (χ3v) is 2.38. The van der Waals surface area contributed by atoms with Gasteiger partial charge in [0.25, 0.3) is 0 Å². The van der Waals surface area contributed by atoms with E-state index in [0.717, 1.165) is 11.3 Å². The van der Waals surface area contributed by atoms with Gasteiger partial charge in [0.15, 0.2) is 5.95 Å². The Hall–Kier alpha value is -1.19. The molecule has 0 radical (unpaired) electrons. The van der Waals surface area contributed by atoms with Gasteiger partial charge in [-0.1, -0.05) is 23.2 Å². The molecule has 72 valence electrons. The first-order valence-electron chi connectivity index (χ1n) is 3.93. The summed E-state index contributed by atoms with van der Waals surface area (Å²) in [7, 11) is 0. The van der Waals surface area contributed by atoms with Crippen LogP contribution in [0.4, 0.5) is 5.95 Å². The molecule has 1 heterocycles. The average Bonchev–Trinajstić information content (AvgIpc) is 2.56.